The minimum Gasteiger partial charge on any atom is -0.462 e. The van der Waals surface area contributed by atoms with Crippen LogP contribution in [-0.2, 0) is 14.8 Å². The van der Waals surface area contributed by atoms with E-state index >= 15 is 0 Å². The smallest absolute Gasteiger partial charge is 0.341 e. The summed E-state index contributed by atoms with van der Waals surface area (Å²) in [5, 5.41) is 3.15. The molecule has 1 atom stereocenters. The molecule has 1 aliphatic heterocycles. The first kappa shape index (κ1) is 25.1. The predicted molar refractivity (Wildman–Crippen MR) is 137 cm³/mol. The summed E-state index contributed by atoms with van der Waals surface area (Å²) >= 11 is 1.26. The summed E-state index contributed by atoms with van der Waals surface area (Å²) in [7, 11) is -3.72. The van der Waals surface area contributed by atoms with Gasteiger partial charge in [0.1, 0.15) is 5.00 Å². The lowest BCUT2D eigenvalue weighted by atomic mass is 10.1. The Hall–Kier alpha value is -3.01. The number of nitrogens with one attached hydrogen (secondary N) is 1. The molecule has 0 aliphatic carbocycles. The normalized spacial score (nSPS) is 16.6. The lowest BCUT2D eigenvalue weighted by molar-refractivity contribution is 0.0528. The molecule has 0 spiro atoms. The number of sulfonamides is 1. The Morgan fingerprint density at radius 1 is 1.09 bits per heavy atom. The molecule has 3 aromatic rings. The van der Waals surface area contributed by atoms with Gasteiger partial charge < -0.3 is 10.1 Å². The number of hydrogen-bond acceptors (Lipinski definition) is 6. The molecule has 2 aromatic carbocycles. The van der Waals surface area contributed by atoms with Gasteiger partial charge in [-0.05, 0) is 56.5 Å². The summed E-state index contributed by atoms with van der Waals surface area (Å²) in [5.74, 6) is -1.03. The van der Waals surface area contributed by atoms with Crippen molar-refractivity contribution in [2.75, 3.05) is 18.5 Å². The number of carbonyl (C=O) groups excluding carboxylic acids is 2. The average Bonchev–Trinajstić information content (AvgIpc) is 3.29. The summed E-state index contributed by atoms with van der Waals surface area (Å²) in [4.78, 5) is 26.6. The lowest BCUT2D eigenvalue weighted by Crippen LogP contribution is -2.41. The Kier molecular flexibility index (Phi) is 7.69. The molecule has 1 amide bonds. The van der Waals surface area contributed by atoms with Crippen LogP contribution in [0.15, 0.2) is 65.6 Å². The summed E-state index contributed by atoms with van der Waals surface area (Å²) < 4.78 is 33.2. The van der Waals surface area contributed by atoms with Crippen molar-refractivity contribution in [2.24, 2.45) is 0 Å². The van der Waals surface area contributed by atoms with Gasteiger partial charge in [0.15, 0.2) is 0 Å². The van der Waals surface area contributed by atoms with Crippen molar-refractivity contribution in [1.82, 2.24) is 4.31 Å². The number of anilines is 1. The van der Waals surface area contributed by atoms with E-state index in [1.54, 1.807) is 25.1 Å². The zero-order valence-corrected chi connectivity index (χ0v) is 21.3. The fourth-order valence-electron chi connectivity index (χ4n) is 4.13. The highest BCUT2D eigenvalue weighted by atomic mass is 32.2. The Morgan fingerprint density at radius 2 is 1.86 bits per heavy atom. The third-order valence-corrected chi connectivity index (χ3v) is 9.07. The molecule has 1 unspecified atom stereocenters. The van der Waals surface area contributed by atoms with Crippen molar-refractivity contribution in [3.05, 3.63) is 71.8 Å². The van der Waals surface area contributed by atoms with Gasteiger partial charge in [-0.3, -0.25) is 4.79 Å². The standard InChI is InChI=1S/C26H28N2O5S2/c1-3-33-26(30)22-17-23(19-11-5-4-6-12-19)34-25(22)27-24(29)20-13-9-14-21(16-20)35(31,32)28-15-8-7-10-18(28)2/h4-6,9,11-14,16-18H,3,7-8,10,15H2,1-2H3,(H,27,29). The van der Waals surface area contributed by atoms with Crippen LogP contribution in [0.4, 0.5) is 5.00 Å². The molecular formula is C26H28N2O5S2. The van der Waals surface area contributed by atoms with E-state index in [0.717, 1.165) is 29.7 Å². The van der Waals surface area contributed by atoms with Crippen molar-refractivity contribution in [2.45, 2.75) is 44.0 Å². The van der Waals surface area contributed by atoms with Crippen molar-refractivity contribution in [3.63, 3.8) is 0 Å². The maximum Gasteiger partial charge on any atom is 0.341 e. The average molecular weight is 513 g/mol. The van der Waals surface area contributed by atoms with E-state index in [9.17, 15) is 18.0 Å². The quantitative estimate of drug-likeness (QED) is 0.428. The molecule has 0 saturated carbocycles. The van der Waals surface area contributed by atoms with Crippen LogP contribution in [-0.4, -0.2) is 43.8 Å². The molecule has 1 aliphatic rings. The van der Waals surface area contributed by atoms with Gasteiger partial charge in [-0.2, -0.15) is 4.31 Å². The van der Waals surface area contributed by atoms with E-state index < -0.39 is 21.9 Å². The van der Waals surface area contributed by atoms with E-state index in [1.807, 2.05) is 37.3 Å². The Bertz CT molecular complexity index is 1320. The monoisotopic (exact) mass is 512 g/mol. The van der Waals surface area contributed by atoms with E-state index in [-0.39, 0.29) is 28.7 Å². The van der Waals surface area contributed by atoms with Crippen LogP contribution < -0.4 is 5.32 Å². The number of hydrogen-bond donors (Lipinski definition) is 1. The van der Waals surface area contributed by atoms with Crippen LogP contribution in [0.25, 0.3) is 10.4 Å². The van der Waals surface area contributed by atoms with E-state index in [2.05, 4.69) is 5.32 Å². The zero-order chi connectivity index (χ0) is 25.0. The first-order chi connectivity index (χ1) is 16.8. The zero-order valence-electron chi connectivity index (χ0n) is 19.7. The van der Waals surface area contributed by atoms with Crippen molar-refractivity contribution in [3.8, 4) is 10.4 Å². The number of nitrogens with zero attached hydrogens (tertiary/aromatic N) is 1. The molecule has 0 bridgehead atoms. The number of thiophene rings is 1. The lowest BCUT2D eigenvalue weighted by Gasteiger charge is -2.32. The summed E-state index contributed by atoms with van der Waals surface area (Å²) in [6, 6.07) is 17.2. The Labute approximate surface area is 209 Å². The second-order valence-corrected chi connectivity index (χ2v) is 11.3. The number of carbonyl (C=O) groups is 2. The van der Waals surface area contributed by atoms with Crippen LogP contribution in [0.1, 0.15) is 53.8 Å². The van der Waals surface area contributed by atoms with Gasteiger partial charge in [0.05, 0.1) is 17.1 Å². The summed E-state index contributed by atoms with van der Waals surface area (Å²) in [6.07, 6.45) is 2.64. The molecule has 9 heteroatoms. The molecule has 1 fully saturated rings. The van der Waals surface area contributed by atoms with Crippen molar-refractivity contribution in [1.29, 1.82) is 0 Å². The minimum atomic E-state index is -3.72. The van der Waals surface area contributed by atoms with Gasteiger partial charge >= 0.3 is 5.97 Å². The number of esters is 1. The molecule has 184 valence electrons. The molecule has 7 nitrogen and oxygen atoms in total. The highest BCUT2D eigenvalue weighted by Gasteiger charge is 2.31. The topological polar surface area (TPSA) is 92.8 Å². The van der Waals surface area contributed by atoms with Gasteiger partial charge in [0.25, 0.3) is 5.91 Å². The van der Waals surface area contributed by atoms with Gasteiger partial charge in [0, 0.05) is 23.0 Å². The molecule has 1 saturated heterocycles. The molecule has 1 aromatic heterocycles. The molecule has 2 heterocycles. The number of benzene rings is 2. The minimum absolute atomic E-state index is 0.0825. The third kappa shape index (κ3) is 5.47. The van der Waals surface area contributed by atoms with Gasteiger partial charge in [-0.15, -0.1) is 11.3 Å². The first-order valence-corrected chi connectivity index (χ1v) is 13.9. The SMILES string of the molecule is CCOC(=O)c1cc(-c2ccccc2)sc1NC(=O)c1cccc(S(=O)(=O)N2CCCCC2C)c1. The fourth-order valence-corrected chi connectivity index (χ4v) is 6.92. The van der Waals surface area contributed by atoms with E-state index in [0.29, 0.717) is 11.5 Å². The van der Waals surface area contributed by atoms with E-state index in [4.69, 9.17) is 4.74 Å². The van der Waals surface area contributed by atoms with Crippen LogP contribution in [0.3, 0.4) is 0 Å². The number of ether oxygens (including phenoxy) is 1. The third-order valence-electron chi connectivity index (χ3n) is 5.96. The molecule has 1 N–H and O–H groups in total. The number of rotatable bonds is 7. The molecule has 4 rings (SSSR count). The maximum absolute atomic E-state index is 13.2. The van der Waals surface area contributed by atoms with Crippen LogP contribution >= 0.6 is 11.3 Å². The number of piperidine rings is 1. The molecular weight excluding hydrogens is 484 g/mol. The Morgan fingerprint density at radius 3 is 2.57 bits per heavy atom. The van der Waals surface area contributed by atoms with E-state index in [1.165, 1.54) is 27.8 Å². The van der Waals surface area contributed by atoms with Crippen molar-refractivity contribution < 1.29 is 22.7 Å². The van der Waals surface area contributed by atoms with Crippen LogP contribution in [0, 0.1) is 0 Å². The van der Waals surface area contributed by atoms with Crippen LogP contribution in [0.5, 0.6) is 0 Å². The molecule has 0 radical (unpaired) electrons. The van der Waals surface area contributed by atoms with Crippen molar-refractivity contribution >= 4 is 38.2 Å². The largest absolute Gasteiger partial charge is 0.462 e. The van der Waals surface area contributed by atoms with Crippen LogP contribution in [0.2, 0.25) is 0 Å². The summed E-state index contributed by atoms with van der Waals surface area (Å²) in [6.45, 7) is 4.30. The van der Waals surface area contributed by atoms with Gasteiger partial charge in [-0.1, -0.05) is 42.8 Å². The fraction of sp³-hybridized carbons (Fsp3) is 0.308. The Balaban J connectivity index is 1.62. The molecule has 35 heavy (non-hydrogen) atoms. The first-order valence-electron chi connectivity index (χ1n) is 11.6. The van der Waals surface area contributed by atoms with Gasteiger partial charge in [-0.25, -0.2) is 13.2 Å². The number of amides is 1. The summed E-state index contributed by atoms with van der Waals surface area (Å²) in [5.41, 5.74) is 1.36. The maximum atomic E-state index is 13.2. The van der Waals surface area contributed by atoms with Gasteiger partial charge in [0.2, 0.25) is 10.0 Å². The highest BCUT2D eigenvalue weighted by Crippen LogP contribution is 2.36. The predicted octanol–water partition coefficient (Wildman–Crippen LogP) is 5.41. The second kappa shape index (κ2) is 10.7. The highest BCUT2D eigenvalue weighted by molar-refractivity contribution is 7.89. The second-order valence-electron chi connectivity index (χ2n) is 8.38.